The van der Waals surface area contributed by atoms with Crippen LogP contribution < -0.4 is 4.74 Å². The summed E-state index contributed by atoms with van der Waals surface area (Å²) >= 11 is 0. The quantitative estimate of drug-likeness (QED) is 0.421. The van der Waals surface area contributed by atoms with Gasteiger partial charge in [0.15, 0.2) is 0 Å². The third-order valence-corrected chi connectivity index (χ3v) is 2.00. The molecule has 16 heavy (non-hydrogen) atoms. The molecule has 0 aliphatic heterocycles. The molecular weight excluding hydrogens is 208 g/mol. The van der Waals surface area contributed by atoms with Crippen molar-refractivity contribution >= 4 is 11.8 Å². The Morgan fingerprint density at radius 1 is 1.62 bits per heavy atom. The van der Waals surface area contributed by atoms with E-state index < -0.39 is 4.92 Å². The first kappa shape index (κ1) is 12.2. The van der Waals surface area contributed by atoms with Crippen LogP contribution in [0.4, 0.5) is 5.69 Å². The zero-order chi connectivity index (χ0) is 12.0. The van der Waals surface area contributed by atoms with Crippen molar-refractivity contribution in [3.8, 4) is 5.88 Å². The monoisotopic (exact) mass is 222 g/mol. The van der Waals surface area contributed by atoms with Crippen molar-refractivity contribution in [1.29, 1.82) is 0 Å². The lowest BCUT2D eigenvalue weighted by Crippen LogP contribution is -2.02. The fraction of sp³-hybridized carbons (Fsp3) is 0.364. The van der Waals surface area contributed by atoms with E-state index in [-0.39, 0.29) is 11.6 Å². The average Bonchev–Trinajstić information content (AvgIpc) is 2.29. The summed E-state index contributed by atoms with van der Waals surface area (Å²) in [5, 5.41) is 10.7. The largest absolute Gasteiger partial charge is 0.473 e. The number of hydrogen-bond donors (Lipinski definition) is 0. The third kappa shape index (κ3) is 3.05. The maximum atomic E-state index is 10.7. The first-order valence-electron chi connectivity index (χ1n) is 5.09. The smallest absolute Gasteiger partial charge is 0.330 e. The van der Waals surface area contributed by atoms with E-state index in [1.807, 2.05) is 6.92 Å². The van der Waals surface area contributed by atoms with Gasteiger partial charge in [-0.3, -0.25) is 10.1 Å². The van der Waals surface area contributed by atoms with Gasteiger partial charge in [0.1, 0.15) is 0 Å². The molecule has 0 bridgehead atoms. The predicted octanol–water partition coefficient (Wildman–Crippen LogP) is 2.81. The number of pyridine rings is 1. The van der Waals surface area contributed by atoms with Crippen molar-refractivity contribution in [3.05, 3.63) is 34.5 Å². The van der Waals surface area contributed by atoms with Gasteiger partial charge in [0.05, 0.1) is 17.2 Å². The number of aromatic nitrogens is 1. The molecule has 5 heteroatoms. The van der Waals surface area contributed by atoms with Crippen LogP contribution in [0.1, 0.15) is 25.5 Å². The number of unbranched alkanes of at least 4 members (excludes halogenated alkanes) is 1. The summed E-state index contributed by atoms with van der Waals surface area (Å²) in [7, 11) is 0. The van der Waals surface area contributed by atoms with Crippen LogP contribution in [0, 0.1) is 10.1 Å². The van der Waals surface area contributed by atoms with Crippen LogP contribution in [-0.4, -0.2) is 16.5 Å². The van der Waals surface area contributed by atoms with Crippen LogP contribution in [0.3, 0.4) is 0 Å². The molecule has 0 aromatic carbocycles. The maximum Gasteiger partial charge on any atom is 0.330 e. The number of hydrogen-bond acceptors (Lipinski definition) is 4. The topological polar surface area (TPSA) is 65.3 Å². The molecule has 0 radical (unpaired) electrons. The molecule has 1 heterocycles. The Kier molecular flexibility index (Phi) is 4.44. The summed E-state index contributed by atoms with van der Waals surface area (Å²) in [6, 6.07) is 2.92. The zero-order valence-electron chi connectivity index (χ0n) is 9.18. The van der Waals surface area contributed by atoms with E-state index in [1.54, 1.807) is 0 Å². The van der Waals surface area contributed by atoms with Crippen molar-refractivity contribution in [2.45, 2.75) is 19.8 Å². The van der Waals surface area contributed by atoms with Gasteiger partial charge < -0.3 is 4.74 Å². The van der Waals surface area contributed by atoms with E-state index >= 15 is 0 Å². The highest BCUT2D eigenvalue weighted by Crippen LogP contribution is 2.24. The molecule has 0 aliphatic rings. The highest BCUT2D eigenvalue weighted by atomic mass is 16.6. The maximum absolute atomic E-state index is 10.7. The lowest BCUT2D eigenvalue weighted by molar-refractivity contribution is -0.386. The van der Waals surface area contributed by atoms with Crippen LogP contribution in [0.2, 0.25) is 0 Å². The highest BCUT2D eigenvalue weighted by molar-refractivity contribution is 5.49. The van der Waals surface area contributed by atoms with Gasteiger partial charge in [-0.15, -0.1) is 0 Å². The Bertz CT molecular complexity index is 391. The lowest BCUT2D eigenvalue weighted by Gasteiger charge is -2.05. The fourth-order valence-electron chi connectivity index (χ4n) is 1.12. The van der Waals surface area contributed by atoms with Crippen LogP contribution in [-0.2, 0) is 0 Å². The third-order valence-electron chi connectivity index (χ3n) is 2.00. The first-order valence-corrected chi connectivity index (χ1v) is 5.09. The average molecular weight is 222 g/mol. The SMILES string of the molecule is C=Cc1ccc([N+](=O)[O-])c(OCCCC)n1. The summed E-state index contributed by atoms with van der Waals surface area (Å²) in [5.74, 6) is 0.0656. The predicted molar refractivity (Wildman–Crippen MR) is 61.4 cm³/mol. The second-order valence-corrected chi connectivity index (χ2v) is 3.22. The van der Waals surface area contributed by atoms with Gasteiger partial charge >= 0.3 is 5.69 Å². The van der Waals surface area contributed by atoms with Gasteiger partial charge in [0, 0.05) is 6.07 Å². The van der Waals surface area contributed by atoms with Gasteiger partial charge in [0.25, 0.3) is 5.88 Å². The summed E-state index contributed by atoms with van der Waals surface area (Å²) in [6.07, 6.45) is 3.34. The lowest BCUT2D eigenvalue weighted by atomic mass is 10.3. The van der Waals surface area contributed by atoms with E-state index in [0.717, 1.165) is 12.8 Å². The second-order valence-electron chi connectivity index (χ2n) is 3.22. The molecule has 0 aliphatic carbocycles. The summed E-state index contributed by atoms with van der Waals surface area (Å²) in [4.78, 5) is 14.2. The van der Waals surface area contributed by atoms with Crippen LogP contribution in [0.5, 0.6) is 5.88 Å². The molecule has 1 rings (SSSR count). The molecule has 0 unspecified atom stereocenters. The number of ether oxygens (including phenoxy) is 1. The Morgan fingerprint density at radius 2 is 2.38 bits per heavy atom. The van der Waals surface area contributed by atoms with E-state index in [0.29, 0.717) is 12.3 Å². The molecule has 0 fully saturated rings. The van der Waals surface area contributed by atoms with Gasteiger partial charge in [0.2, 0.25) is 0 Å². The van der Waals surface area contributed by atoms with Crippen LogP contribution >= 0.6 is 0 Å². The van der Waals surface area contributed by atoms with Crippen molar-refractivity contribution in [1.82, 2.24) is 4.98 Å². The molecule has 1 aromatic rings. The van der Waals surface area contributed by atoms with E-state index in [9.17, 15) is 10.1 Å². The normalized spacial score (nSPS) is 9.81. The molecule has 0 atom stereocenters. The summed E-state index contributed by atoms with van der Waals surface area (Å²) in [5.41, 5.74) is 0.457. The van der Waals surface area contributed by atoms with Crippen molar-refractivity contribution in [2.75, 3.05) is 6.61 Å². The molecule has 0 spiro atoms. The fourth-order valence-corrected chi connectivity index (χ4v) is 1.12. The molecule has 0 saturated heterocycles. The van der Waals surface area contributed by atoms with Crippen molar-refractivity contribution in [2.24, 2.45) is 0 Å². The number of nitrogens with zero attached hydrogens (tertiary/aromatic N) is 2. The van der Waals surface area contributed by atoms with Gasteiger partial charge in [-0.2, -0.15) is 0 Å². The number of rotatable bonds is 6. The second kappa shape index (κ2) is 5.85. The molecule has 0 saturated carbocycles. The van der Waals surface area contributed by atoms with Crippen molar-refractivity contribution in [3.63, 3.8) is 0 Å². The Hall–Kier alpha value is -1.91. The molecule has 5 nitrogen and oxygen atoms in total. The highest BCUT2D eigenvalue weighted by Gasteiger charge is 2.16. The molecule has 0 N–H and O–H groups in total. The molecule has 1 aromatic heterocycles. The van der Waals surface area contributed by atoms with Gasteiger partial charge in [-0.05, 0) is 18.6 Å². The minimum absolute atomic E-state index is 0.0656. The number of nitro groups is 1. The van der Waals surface area contributed by atoms with Gasteiger partial charge in [-0.25, -0.2) is 4.98 Å². The Labute approximate surface area is 93.9 Å². The van der Waals surface area contributed by atoms with Gasteiger partial charge in [-0.1, -0.05) is 19.9 Å². The Balaban J connectivity index is 2.91. The minimum Gasteiger partial charge on any atom is -0.473 e. The Morgan fingerprint density at radius 3 is 2.94 bits per heavy atom. The molecule has 0 amide bonds. The van der Waals surface area contributed by atoms with Crippen LogP contribution in [0.15, 0.2) is 18.7 Å². The summed E-state index contributed by atoms with van der Waals surface area (Å²) in [6.45, 7) is 6.01. The molecular formula is C11H14N2O3. The zero-order valence-corrected chi connectivity index (χ0v) is 9.18. The first-order chi connectivity index (χ1) is 7.69. The molecule has 86 valence electrons. The van der Waals surface area contributed by atoms with Crippen molar-refractivity contribution < 1.29 is 9.66 Å². The van der Waals surface area contributed by atoms with E-state index in [2.05, 4.69) is 11.6 Å². The van der Waals surface area contributed by atoms with E-state index in [1.165, 1.54) is 18.2 Å². The van der Waals surface area contributed by atoms with Crippen LogP contribution in [0.25, 0.3) is 6.08 Å². The standard InChI is InChI=1S/C11H14N2O3/c1-3-5-8-16-11-10(13(14)15)7-6-9(4-2)12-11/h4,6-7H,2-3,5,8H2,1H3. The van der Waals surface area contributed by atoms with E-state index in [4.69, 9.17) is 4.74 Å². The minimum atomic E-state index is -0.499. The summed E-state index contributed by atoms with van der Waals surface area (Å²) < 4.78 is 5.28.